The van der Waals surface area contributed by atoms with Crippen LogP contribution in [-0.4, -0.2) is 9.38 Å². The molecule has 0 bridgehead atoms. The maximum Gasteiger partial charge on any atom is 0.146 e. The van der Waals surface area contributed by atoms with Gasteiger partial charge in [0, 0.05) is 21.9 Å². The summed E-state index contributed by atoms with van der Waals surface area (Å²) < 4.78 is 2.39. The van der Waals surface area contributed by atoms with E-state index in [1.165, 1.54) is 87.2 Å². The Kier molecular flexibility index (Phi) is 7.94. The van der Waals surface area contributed by atoms with Gasteiger partial charge in [0.1, 0.15) is 5.65 Å². The lowest BCUT2D eigenvalue weighted by atomic mass is 9.83. The van der Waals surface area contributed by atoms with Crippen molar-refractivity contribution in [2.45, 2.75) is 0 Å². The van der Waals surface area contributed by atoms with Gasteiger partial charge in [-0.3, -0.25) is 4.40 Å². The quantitative estimate of drug-likeness (QED) is 0.125. The van der Waals surface area contributed by atoms with Gasteiger partial charge in [-0.05, 0) is 106 Å². The lowest BCUT2D eigenvalue weighted by molar-refractivity contribution is 1.27. The summed E-state index contributed by atoms with van der Waals surface area (Å²) in [5.41, 5.74) is 13.7. The van der Waals surface area contributed by atoms with Crippen molar-refractivity contribution in [2.24, 2.45) is 0 Å². The van der Waals surface area contributed by atoms with Gasteiger partial charge in [0.15, 0.2) is 0 Å². The molecule has 0 N–H and O–H groups in total. The lowest BCUT2D eigenvalue weighted by Crippen LogP contribution is -1.95. The molecule has 0 amide bonds. The third kappa shape index (κ3) is 5.55. The van der Waals surface area contributed by atoms with Crippen molar-refractivity contribution in [1.29, 1.82) is 0 Å². The van der Waals surface area contributed by atoms with E-state index in [4.69, 9.17) is 4.98 Å². The van der Waals surface area contributed by atoms with Crippen LogP contribution in [0.15, 0.2) is 231 Å². The first-order chi connectivity index (χ1) is 31.3. The number of rotatable bonds is 5. The normalized spacial score (nSPS) is 11.8. The number of hydrogen-bond acceptors (Lipinski definition) is 1. The van der Waals surface area contributed by atoms with Gasteiger partial charge in [0.25, 0.3) is 0 Å². The average Bonchev–Trinajstić information content (AvgIpc) is 3.77. The molecule has 0 saturated heterocycles. The maximum absolute atomic E-state index is 5.45. The Bertz CT molecular complexity index is 3950. The van der Waals surface area contributed by atoms with Crippen LogP contribution in [0.25, 0.3) is 126 Å². The predicted molar refractivity (Wildman–Crippen MR) is 267 cm³/mol. The van der Waals surface area contributed by atoms with E-state index in [0.29, 0.717) is 0 Å². The summed E-state index contributed by atoms with van der Waals surface area (Å²) in [6, 6.07) is 84.3. The molecule has 0 saturated carbocycles. The molecule has 2 nitrogen and oxygen atoms in total. The fourth-order valence-corrected chi connectivity index (χ4v) is 10.3. The molecular weight excluding hydrogens is 761 g/mol. The summed E-state index contributed by atoms with van der Waals surface area (Å²) in [6.45, 7) is 0. The van der Waals surface area contributed by atoms with E-state index in [1.807, 2.05) is 0 Å². The van der Waals surface area contributed by atoms with Crippen LogP contribution in [0.1, 0.15) is 0 Å². The maximum atomic E-state index is 5.45. The van der Waals surface area contributed by atoms with E-state index in [2.05, 4.69) is 235 Å². The van der Waals surface area contributed by atoms with Gasteiger partial charge in [-0.15, -0.1) is 0 Å². The van der Waals surface area contributed by atoms with Crippen molar-refractivity contribution in [3.63, 3.8) is 0 Å². The summed E-state index contributed by atoms with van der Waals surface area (Å²) >= 11 is 0. The molecule has 0 aliphatic carbocycles. The van der Waals surface area contributed by atoms with Gasteiger partial charge in [0.2, 0.25) is 0 Å². The van der Waals surface area contributed by atoms with Crippen molar-refractivity contribution in [3.8, 4) is 55.9 Å². The first-order valence-corrected chi connectivity index (χ1v) is 21.7. The molecule has 63 heavy (non-hydrogen) atoms. The molecule has 0 atom stereocenters. The van der Waals surface area contributed by atoms with Crippen LogP contribution in [0, 0.1) is 0 Å². The highest BCUT2D eigenvalue weighted by molar-refractivity contribution is 6.24. The monoisotopic (exact) mass is 798 g/mol. The molecule has 0 aliphatic rings. The van der Waals surface area contributed by atoms with Crippen LogP contribution in [-0.2, 0) is 0 Å². The van der Waals surface area contributed by atoms with E-state index < -0.39 is 0 Å². The van der Waals surface area contributed by atoms with E-state index in [0.717, 1.165) is 39.1 Å². The van der Waals surface area contributed by atoms with E-state index in [9.17, 15) is 0 Å². The van der Waals surface area contributed by atoms with Crippen LogP contribution in [0.3, 0.4) is 0 Å². The zero-order chi connectivity index (χ0) is 41.4. The second-order valence-corrected chi connectivity index (χ2v) is 16.6. The van der Waals surface area contributed by atoms with Crippen LogP contribution in [0.2, 0.25) is 0 Å². The van der Waals surface area contributed by atoms with Crippen LogP contribution >= 0.6 is 0 Å². The number of nitrogens with zero attached hydrogens (tertiary/aromatic N) is 2. The Morgan fingerprint density at radius 3 is 1.62 bits per heavy atom. The first-order valence-electron chi connectivity index (χ1n) is 21.7. The van der Waals surface area contributed by atoms with Crippen molar-refractivity contribution in [1.82, 2.24) is 9.38 Å². The molecule has 2 aromatic heterocycles. The van der Waals surface area contributed by atoms with E-state index in [-0.39, 0.29) is 0 Å². The summed E-state index contributed by atoms with van der Waals surface area (Å²) in [5.74, 6) is 0. The predicted octanol–water partition coefficient (Wildman–Crippen LogP) is 16.6. The molecule has 13 rings (SSSR count). The molecule has 0 radical (unpaired) electrons. The minimum absolute atomic E-state index is 0.960. The zero-order valence-electron chi connectivity index (χ0n) is 34.3. The summed E-state index contributed by atoms with van der Waals surface area (Å²) in [4.78, 5) is 5.45. The van der Waals surface area contributed by atoms with Crippen LogP contribution in [0.5, 0.6) is 0 Å². The minimum atomic E-state index is 0.960. The molecule has 11 aromatic carbocycles. The Balaban J connectivity index is 1.11. The Hall–Kier alpha value is -8.33. The Morgan fingerprint density at radius 2 is 0.841 bits per heavy atom. The van der Waals surface area contributed by atoms with Crippen molar-refractivity contribution in [2.75, 3.05) is 0 Å². The molecule has 0 aliphatic heterocycles. The summed E-state index contributed by atoms with van der Waals surface area (Å²) in [6.07, 6.45) is 0. The standard InChI is InChI=1S/C61H38N2/c1-3-18-41(19-4-1)59-60(42-20-5-2-6-21-42)63-56-35-33-45(37-54(56)48-25-11-14-28-53(48)61(63)62-59)44-32-34-52-55(38-44)57(46-31-30-39-16-7-8-22-43(39)36-46)50-26-12-13-27-51(50)58(52)49-29-15-23-40-17-9-10-24-47(40)49/h1-38H. The number of imidazole rings is 1. The third-order valence-electron chi connectivity index (χ3n) is 13.1. The highest BCUT2D eigenvalue weighted by atomic mass is 15.0. The zero-order valence-corrected chi connectivity index (χ0v) is 34.3. The number of aromatic nitrogens is 2. The number of pyridine rings is 1. The summed E-state index contributed by atoms with van der Waals surface area (Å²) in [5, 5.41) is 13.5. The molecular formula is C61H38N2. The smallest absolute Gasteiger partial charge is 0.146 e. The first kappa shape index (κ1) is 35.4. The van der Waals surface area contributed by atoms with Crippen molar-refractivity contribution < 1.29 is 0 Å². The number of hydrogen-bond donors (Lipinski definition) is 0. The van der Waals surface area contributed by atoms with Gasteiger partial charge in [0.05, 0.1) is 16.9 Å². The fraction of sp³-hybridized carbons (Fsp3) is 0. The van der Waals surface area contributed by atoms with Gasteiger partial charge >= 0.3 is 0 Å². The van der Waals surface area contributed by atoms with Gasteiger partial charge in [-0.2, -0.15) is 0 Å². The van der Waals surface area contributed by atoms with Crippen molar-refractivity contribution >= 4 is 70.4 Å². The Labute approximate surface area is 364 Å². The molecule has 292 valence electrons. The molecule has 0 unspecified atom stereocenters. The highest BCUT2D eigenvalue weighted by Crippen LogP contribution is 2.47. The molecule has 0 spiro atoms. The van der Waals surface area contributed by atoms with Gasteiger partial charge < -0.3 is 0 Å². The van der Waals surface area contributed by atoms with E-state index >= 15 is 0 Å². The number of fused-ring (bicyclic) bond motifs is 10. The van der Waals surface area contributed by atoms with Crippen molar-refractivity contribution in [3.05, 3.63) is 231 Å². The van der Waals surface area contributed by atoms with Gasteiger partial charge in [-0.1, -0.05) is 206 Å². The second kappa shape index (κ2) is 14.1. The van der Waals surface area contributed by atoms with Crippen LogP contribution < -0.4 is 0 Å². The third-order valence-corrected chi connectivity index (χ3v) is 13.1. The van der Waals surface area contributed by atoms with E-state index in [1.54, 1.807) is 0 Å². The lowest BCUT2D eigenvalue weighted by Gasteiger charge is -2.20. The average molecular weight is 799 g/mol. The second-order valence-electron chi connectivity index (χ2n) is 16.6. The minimum Gasteiger partial charge on any atom is -0.291 e. The summed E-state index contributed by atoms with van der Waals surface area (Å²) in [7, 11) is 0. The largest absolute Gasteiger partial charge is 0.291 e. The molecule has 2 heterocycles. The molecule has 13 aromatic rings. The molecule has 0 fully saturated rings. The Morgan fingerprint density at radius 1 is 0.286 bits per heavy atom. The number of benzene rings is 11. The highest BCUT2D eigenvalue weighted by Gasteiger charge is 2.22. The van der Waals surface area contributed by atoms with Crippen LogP contribution in [0.4, 0.5) is 0 Å². The fourth-order valence-electron chi connectivity index (χ4n) is 10.3. The van der Waals surface area contributed by atoms with Gasteiger partial charge in [-0.25, -0.2) is 4.98 Å². The topological polar surface area (TPSA) is 17.3 Å². The SMILES string of the molecule is c1ccc(-c2nc3c4ccccc4c4cc(-c5ccc6c(-c7cccc8ccccc78)c7ccccc7c(-c7ccc8ccccc8c7)c6c5)ccc4n3c2-c2ccccc2)cc1. The molecule has 2 heteroatoms.